The Hall–Kier alpha value is -5.40. The molecule has 0 amide bonds. The molecule has 0 fully saturated rings. The molecule has 1 heterocycles. The van der Waals surface area contributed by atoms with Crippen molar-refractivity contribution in [2.24, 2.45) is 0 Å². The van der Waals surface area contributed by atoms with Crippen LogP contribution in [0.2, 0.25) is 0 Å². The Morgan fingerprint density at radius 3 is 1.72 bits per heavy atom. The molecule has 0 bridgehead atoms. The van der Waals surface area contributed by atoms with Gasteiger partial charge in [-0.05, 0) is 82.7 Å². The van der Waals surface area contributed by atoms with Gasteiger partial charge in [-0.15, -0.1) is 0 Å². The van der Waals surface area contributed by atoms with Crippen molar-refractivity contribution in [1.82, 2.24) is 0 Å². The Morgan fingerprint density at radius 2 is 0.977 bits per heavy atom. The summed E-state index contributed by atoms with van der Waals surface area (Å²) in [6.07, 6.45) is 0.947. The fourth-order valence-electron chi connectivity index (χ4n) is 7.29. The van der Waals surface area contributed by atoms with Crippen LogP contribution in [0.15, 0.2) is 146 Å². The normalized spacial score (nSPS) is 12.7. The SMILES string of the molecule is c1ccc2c(-c3ccc(-c4c5ccccc5c(-c5ccc6c7c(cccc57)CCO6)c5ccccc45)cc3)cccc2c1. The second kappa shape index (κ2) is 9.58. The highest BCUT2D eigenvalue weighted by Crippen LogP contribution is 2.47. The number of hydrogen-bond acceptors (Lipinski definition) is 1. The van der Waals surface area contributed by atoms with Crippen LogP contribution in [0.3, 0.4) is 0 Å². The third kappa shape index (κ3) is 3.72. The highest BCUT2D eigenvalue weighted by atomic mass is 16.5. The maximum Gasteiger partial charge on any atom is 0.127 e. The van der Waals surface area contributed by atoms with Crippen LogP contribution in [0.5, 0.6) is 5.75 Å². The van der Waals surface area contributed by atoms with Crippen LogP contribution in [-0.2, 0) is 6.42 Å². The third-order valence-corrected chi connectivity index (χ3v) is 9.19. The average molecular weight is 549 g/mol. The van der Waals surface area contributed by atoms with Gasteiger partial charge in [0, 0.05) is 11.8 Å². The second-order valence-corrected chi connectivity index (χ2v) is 11.5. The molecule has 43 heavy (non-hydrogen) atoms. The molecule has 1 aliphatic rings. The van der Waals surface area contributed by atoms with E-state index < -0.39 is 0 Å². The van der Waals surface area contributed by atoms with E-state index in [1.165, 1.54) is 82.0 Å². The quantitative estimate of drug-likeness (QED) is 0.200. The number of fused-ring (bicyclic) bond motifs is 3. The predicted octanol–water partition coefficient (Wildman–Crippen LogP) is 11.2. The van der Waals surface area contributed by atoms with Gasteiger partial charge in [-0.1, -0.05) is 140 Å². The first-order valence-corrected chi connectivity index (χ1v) is 15.0. The third-order valence-electron chi connectivity index (χ3n) is 9.19. The van der Waals surface area contributed by atoms with E-state index in [2.05, 4.69) is 146 Å². The molecule has 0 unspecified atom stereocenters. The molecule has 1 nitrogen and oxygen atoms in total. The molecule has 9 rings (SSSR count). The molecule has 0 spiro atoms. The van der Waals surface area contributed by atoms with Crippen molar-refractivity contribution in [2.75, 3.05) is 6.61 Å². The summed E-state index contributed by atoms with van der Waals surface area (Å²) in [7, 11) is 0. The molecule has 8 aromatic carbocycles. The number of rotatable bonds is 3. The molecule has 0 radical (unpaired) electrons. The van der Waals surface area contributed by atoms with E-state index in [-0.39, 0.29) is 0 Å². The zero-order valence-electron chi connectivity index (χ0n) is 23.7. The Balaban J connectivity index is 1.30. The van der Waals surface area contributed by atoms with E-state index >= 15 is 0 Å². The molecule has 0 N–H and O–H groups in total. The van der Waals surface area contributed by atoms with Crippen molar-refractivity contribution in [3.63, 3.8) is 0 Å². The Bertz CT molecular complexity index is 2290. The molecule has 0 saturated carbocycles. The Labute approximate surface area is 250 Å². The van der Waals surface area contributed by atoms with Gasteiger partial charge < -0.3 is 4.74 Å². The lowest BCUT2D eigenvalue weighted by atomic mass is 9.84. The van der Waals surface area contributed by atoms with Gasteiger partial charge in [-0.2, -0.15) is 0 Å². The first kappa shape index (κ1) is 24.2. The van der Waals surface area contributed by atoms with Crippen LogP contribution >= 0.6 is 0 Å². The topological polar surface area (TPSA) is 9.23 Å². The van der Waals surface area contributed by atoms with Gasteiger partial charge in [0.1, 0.15) is 5.75 Å². The van der Waals surface area contributed by atoms with E-state index in [4.69, 9.17) is 4.74 Å². The monoisotopic (exact) mass is 548 g/mol. The number of benzene rings is 8. The lowest BCUT2D eigenvalue weighted by Gasteiger charge is -2.22. The fourth-order valence-corrected chi connectivity index (χ4v) is 7.29. The van der Waals surface area contributed by atoms with Crippen molar-refractivity contribution in [3.05, 3.63) is 151 Å². The molecule has 202 valence electrons. The van der Waals surface area contributed by atoms with Gasteiger partial charge >= 0.3 is 0 Å². The molecule has 1 heteroatoms. The van der Waals surface area contributed by atoms with Crippen molar-refractivity contribution in [1.29, 1.82) is 0 Å². The smallest absolute Gasteiger partial charge is 0.127 e. The summed E-state index contributed by atoms with van der Waals surface area (Å²) >= 11 is 0. The van der Waals surface area contributed by atoms with Crippen LogP contribution in [-0.4, -0.2) is 6.61 Å². The Morgan fingerprint density at radius 1 is 0.395 bits per heavy atom. The molecular weight excluding hydrogens is 520 g/mol. The minimum absolute atomic E-state index is 0.741. The number of hydrogen-bond donors (Lipinski definition) is 0. The average Bonchev–Trinajstić information content (AvgIpc) is 3.08. The molecule has 0 aliphatic carbocycles. The van der Waals surface area contributed by atoms with Gasteiger partial charge in [-0.25, -0.2) is 0 Å². The summed E-state index contributed by atoms with van der Waals surface area (Å²) in [6, 6.07) is 53.3. The van der Waals surface area contributed by atoms with Crippen molar-refractivity contribution < 1.29 is 4.74 Å². The van der Waals surface area contributed by atoms with Crippen molar-refractivity contribution in [3.8, 4) is 39.1 Å². The number of ether oxygens (including phenoxy) is 1. The van der Waals surface area contributed by atoms with Crippen LogP contribution in [0, 0.1) is 0 Å². The van der Waals surface area contributed by atoms with E-state index in [0.29, 0.717) is 0 Å². The first-order chi connectivity index (χ1) is 21.3. The lowest BCUT2D eigenvalue weighted by molar-refractivity contribution is 0.318. The fraction of sp³-hybridized carbons (Fsp3) is 0.0476. The minimum atomic E-state index is 0.741. The molecular formula is C42H28O. The van der Waals surface area contributed by atoms with Gasteiger partial charge in [0.15, 0.2) is 0 Å². The zero-order chi connectivity index (χ0) is 28.3. The lowest BCUT2D eigenvalue weighted by Crippen LogP contribution is -2.08. The molecule has 0 saturated heterocycles. The van der Waals surface area contributed by atoms with Crippen LogP contribution in [0.1, 0.15) is 5.56 Å². The maximum atomic E-state index is 6.10. The van der Waals surface area contributed by atoms with E-state index in [9.17, 15) is 0 Å². The summed E-state index contributed by atoms with van der Waals surface area (Å²) in [5, 5.41) is 10.1. The summed E-state index contributed by atoms with van der Waals surface area (Å²) < 4.78 is 6.10. The molecule has 0 atom stereocenters. The van der Waals surface area contributed by atoms with Gasteiger partial charge in [0.2, 0.25) is 0 Å². The van der Waals surface area contributed by atoms with Gasteiger partial charge in [0.25, 0.3) is 0 Å². The molecule has 8 aromatic rings. The van der Waals surface area contributed by atoms with E-state index in [1.807, 2.05) is 0 Å². The molecule has 1 aliphatic heterocycles. The van der Waals surface area contributed by atoms with Gasteiger partial charge in [-0.3, -0.25) is 0 Å². The highest BCUT2D eigenvalue weighted by molar-refractivity contribution is 6.24. The van der Waals surface area contributed by atoms with Crippen molar-refractivity contribution >= 4 is 43.1 Å². The largest absolute Gasteiger partial charge is 0.493 e. The summed E-state index contributed by atoms with van der Waals surface area (Å²) in [4.78, 5) is 0. The second-order valence-electron chi connectivity index (χ2n) is 11.5. The minimum Gasteiger partial charge on any atom is -0.493 e. The van der Waals surface area contributed by atoms with Crippen LogP contribution < -0.4 is 4.74 Å². The van der Waals surface area contributed by atoms with E-state index in [0.717, 1.165) is 18.8 Å². The predicted molar refractivity (Wildman–Crippen MR) is 182 cm³/mol. The zero-order valence-corrected chi connectivity index (χ0v) is 23.7. The first-order valence-electron chi connectivity index (χ1n) is 15.0. The summed E-state index contributed by atoms with van der Waals surface area (Å²) in [6.45, 7) is 0.741. The van der Waals surface area contributed by atoms with Crippen LogP contribution in [0.25, 0.3) is 76.5 Å². The Kier molecular flexibility index (Phi) is 5.39. The standard InChI is InChI=1S/C42H28O/c1-2-12-31-27(9-1)10-7-17-32(31)28-19-21-30(22-20-28)40-33-13-3-5-15-36(33)42(37-16-6-4-14-34(37)40)38-23-24-39-41-29(25-26-43-39)11-8-18-35(38)41/h1-24H,25-26H2. The van der Waals surface area contributed by atoms with Crippen molar-refractivity contribution in [2.45, 2.75) is 6.42 Å². The summed E-state index contributed by atoms with van der Waals surface area (Å²) in [5.41, 5.74) is 8.93. The highest BCUT2D eigenvalue weighted by Gasteiger charge is 2.21. The summed E-state index contributed by atoms with van der Waals surface area (Å²) in [5.74, 6) is 0.997. The van der Waals surface area contributed by atoms with E-state index in [1.54, 1.807) is 0 Å². The van der Waals surface area contributed by atoms with Gasteiger partial charge in [0.05, 0.1) is 6.61 Å². The van der Waals surface area contributed by atoms with Crippen LogP contribution in [0.4, 0.5) is 0 Å². The molecule has 0 aromatic heterocycles. The maximum absolute atomic E-state index is 6.10.